The van der Waals surface area contributed by atoms with Gasteiger partial charge in [-0.3, -0.25) is 4.90 Å². The number of benzene rings is 1. The van der Waals surface area contributed by atoms with Gasteiger partial charge in [0.1, 0.15) is 12.4 Å². The van der Waals surface area contributed by atoms with Crippen molar-refractivity contribution in [1.82, 2.24) is 9.80 Å². The number of nitrogens with two attached hydrogens (primary N) is 1. The molecule has 1 saturated heterocycles. The quantitative estimate of drug-likeness (QED) is 0.577. The maximum absolute atomic E-state index is 6.02. The number of guanidine groups is 1. The van der Waals surface area contributed by atoms with Crippen LogP contribution in [-0.2, 0) is 11.3 Å². The summed E-state index contributed by atoms with van der Waals surface area (Å²) in [6, 6.07) is 8.08. The summed E-state index contributed by atoms with van der Waals surface area (Å²) in [4.78, 5) is 8.88. The Kier molecular flexibility index (Phi) is 7.85. The van der Waals surface area contributed by atoms with Crippen LogP contribution in [0.2, 0.25) is 0 Å². The van der Waals surface area contributed by atoms with Crippen LogP contribution < -0.4 is 10.5 Å². The molecule has 0 radical (unpaired) electrons. The topological polar surface area (TPSA) is 63.3 Å². The van der Waals surface area contributed by atoms with E-state index in [9.17, 15) is 0 Å². The molecular formula is C18H30N4O2. The molecule has 0 spiro atoms. The van der Waals surface area contributed by atoms with Gasteiger partial charge in [0, 0.05) is 32.7 Å². The Hall–Kier alpha value is -1.79. The Balaban J connectivity index is 1.81. The highest BCUT2D eigenvalue weighted by molar-refractivity contribution is 5.78. The van der Waals surface area contributed by atoms with E-state index in [1.165, 1.54) is 0 Å². The van der Waals surface area contributed by atoms with E-state index >= 15 is 0 Å². The van der Waals surface area contributed by atoms with E-state index in [2.05, 4.69) is 23.7 Å². The highest BCUT2D eigenvalue weighted by atomic mass is 16.5. The molecule has 0 saturated carbocycles. The van der Waals surface area contributed by atoms with Gasteiger partial charge in [-0.2, -0.15) is 0 Å². The second-order valence-electron chi connectivity index (χ2n) is 5.80. The average molecular weight is 334 g/mol. The molecule has 134 valence electrons. The smallest absolute Gasteiger partial charge is 0.191 e. The molecule has 0 atom stereocenters. The standard InChI is InChI=1S/C18H30N4O2/c1-3-22(4-2)18(19)20-15-16-6-5-7-17(14-16)24-13-10-21-8-11-23-12-9-21/h5-7,14H,3-4,8-13,15H2,1-2H3,(H2,19,20). The zero-order chi connectivity index (χ0) is 17.2. The first-order valence-electron chi connectivity index (χ1n) is 8.79. The number of rotatable bonds is 8. The van der Waals surface area contributed by atoms with Crippen molar-refractivity contribution in [2.24, 2.45) is 10.7 Å². The summed E-state index contributed by atoms with van der Waals surface area (Å²) in [5.41, 5.74) is 7.12. The van der Waals surface area contributed by atoms with Gasteiger partial charge in [-0.1, -0.05) is 12.1 Å². The Morgan fingerprint density at radius 1 is 1.29 bits per heavy atom. The predicted octanol–water partition coefficient (Wildman–Crippen LogP) is 1.55. The van der Waals surface area contributed by atoms with Gasteiger partial charge in [0.2, 0.25) is 0 Å². The number of ether oxygens (including phenoxy) is 2. The first kappa shape index (κ1) is 18.5. The van der Waals surface area contributed by atoms with Gasteiger partial charge < -0.3 is 20.1 Å². The summed E-state index contributed by atoms with van der Waals surface area (Å²) in [6.45, 7) is 11.7. The molecule has 24 heavy (non-hydrogen) atoms. The first-order chi connectivity index (χ1) is 11.7. The average Bonchev–Trinajstić information content (AvgIpc) is 2.62. The third-order valence-electron chi connectivity index (χ3n) is 4.19. The molecule has 0 bridgehead atoms. The Morgan fingerprint density at radius 3 is 2.75 bits per heavy atom. The van der Waals surface area contributed by atoms with Crippen LogP contribution in [0.3, 0.4) is 0 Å². The Labute approximate surface area is 145 Å². The molecule has 0 unspecified atom stereocenters. The summed E-state index contributed by atoms with van der Waals surface area (Å²) in [6.07, 6.45) is 0. The second-order valence-corrected chi connectivity index (χ2v) is 5.80. The lowest BCUT2D eigenvalue weighted by molar-refractivity contribution is 0.0322. The van der Waals surface area contributed by atoms with Crippen molar-refractivity contribution in [1.29, 1.82) is 0 Å². The van der Waals surface area contributed by atoms with Crippen LogP contribution in [0.25, 0.3) is 0 Å². The van der Waals surface area contributed by atoms with Gasteiger partial charge in [0.25, 0.3) is 0 Å². The fraction of sp³-hybridized carbons (Fsp3) is 0.611. The molecule has 1 aliphatic heterocycles. The zero-order valence-corrected chi connectivity index (χ0v) is 14.9. The monoisotopic (exact) mass is 334 g/mol. The molecule has 6 nitrogen and oxygen atoms in total. The number of morpholine rings is 1. The molecule has 0 aliphatic carbocycles. The largest absolute Gasteiger partial charge is 0.492 e. The molecule has 1 fully saturated rings. The van der Waals surface area contributed by atoms with E-state index in [-0.39, 0.29) is 0 Å². The van der Waals surface area contributed by atoms with Crippen LogP contribution in [0, 0.1) is 0 Å². The SMILES string of the molecule is CCN(CC)C(N)=NCc1cccc(OCCN2CCOCC2)c1. The first-order valence-corrected chi connectivity index (χ1v) is 8.79. The summed E-state index contributed by atoms with van der Waals surface area (Å²) >= 11 is 0. The van der Waals surface area contributed by atoms with Crippen molar-refractivity contribution in [2.75, 3.05) is 52.5 Å². The maximum atomic E-state index is 6.02. The van der Waals surface area contributed by atoms with Crippen molar-refractivity contribution in [3.8, 4) is 5.75 Å². The van der Waals surface area contributed by atoms with Crippen molar-refractivity contribution in [2.45, 2.75) is 20.4 Å². The highest BCUT2D eigenvalue weighted by Crippen LogP contribution is 2.14. The Bertz CT molecular complexity index is 511. The maximum Gasteiger partial charge on any atom is 0.191 e. The van der Waals surface area contributed by atoms with E-state index in [4.69, 9.17) is 15.2 Å². The molecule has 2 rings (SSSR count). The van der Waals surface area contributed by atoms with Gasteiger partial charge in [0.15, 0.2) is 5.96 Å². The van der Waals surface area contributed by atoms with Crippen LogP contribution in [0.5, 0.6) is 5.75 Å². The van der Waals surface area contributed by atoms with Crippen LogP contribution >= 0.6 is 0 Å². The van der Waals surface area contributed by atoms with Crippen LogP contribution in [0.15, 0.2) is 29.3 Å². The van der Waals surface area contributed by atoms with E-state index < -0.39 is 0 Å². The van der Waals surface area contributed by atoms with E-state index in [0.29, 0.717) is 19.1 Å². The molecular weight excluding hydrogens is 304 g/mol. The highest BCUT2D eigenvalue weighted by Gasteiger charge is 2.09. The molecule has 1 aromatic rings. The van der Waals surface area contributed by atoms with Gasteiger partial charge >= 0.3 is 0 Å². The van der Waals surface area contributed by atoms with Gasteiger partial charge in [-0.25, -0.2) is 4.99 Å². The Morgan fingerprint density at radius 2 is 2.04 bits per heavy atom. The third kappa shape index (κ3) is 6.02. The number of hydrogen-bond donors (Lipinski definition) is 1. The molecule has 6 heteroatoms. The summed E-state index contributed by atoms with van der Waals surface area (Å²) < 4.78 is 11.2. The summed E-state index contributed by atoms with van der Waals surface area (Å²) in [5.74, 6) is 1.48. The van der Waals surface area contributed by atoms with Gasteiger partial charge in [0.05, 0.1) is 19.8 Å². The normalized spacial score (nSPS) is 16.2. The third-order valence-corrected chi connectivity index (χ3v) is 4.19. The van der Waals surface area contributed by atoms with Crippen molar-refractivity contribution < 1.29 is 9.47 Å². The fourth-order valence-electron chi connectivity index (χ4n) is 2.67. The lowest BCUT2D eigenvalue weighted by atomic mass is 10.2. The molecule has 2 N–H and O–H groups in total. The van der Waals surface area contributed by atoms with Crippen molar-refractivity contribution >= 4 is 5.96 Å². The zero-order valence-electron chi connectivity index (χ0n) is 14.9. The summed E-state index contributed by atoms with van der Waals surface area (Å²) in [5, 5.41) is 0. The minimum Gasteiger partial charge on any atom is -0.492 e. The number of hydrogen-bond acceptors (Lipinski definition) is 4. The van der Waals surface area contributed by atoms with E-state index in [1.807, 2.05) is 29.2 Å². The minimum atomic E-state index is 0.572. The van der Waals surface area contributed by atoms with Crippen molar-refractivity contribution in [3.63, 3.8) is 0 Å². The molecule has 1 aliphatic rings. The van der Waals surface area contributed by atoms with Crippen molar-refractivity contribution in [3.05, 3.63) is 29.8 Å². The summed E-state index contributed by atoms with van der Waals surface area (Å²) in [7, 11) is 0. The van der Waals surface area contributed by atoms with E-state index in [1.54, 1.807) is 0 Å². The van der Waals surface area contributed by atoms with Gasteiger partial charge in [-0.05, 0) is 31.5 Å². The lowest BCUT2D eigenvalue weighted by Gasteiger charge is -2.26. The molecule has 0 aromatic heterocycles. The predicted molar refractivity (Wildman–Crippen MR) is 97.4 cm³/mol. The van der Waals surface area contributed by atoms with Crippen LogP contribution in [0.1, 0.15) is 19.4 Å². The number of nitrogens with zero attached hydrogens (tertiary/aromatic N) is 3. The molecule has 1 aromatic carbocycles. The molecule has 1 heterocycles. The van der Waals surface area contributed by atoms with Crippen LogP contribution in [0.4, 0.5) is 0 Å². The minimum absolute atomic E-state index is 0.572. The van der Waals surface area contributed by atoms with E-state index in [0.717, 1.165) is 57.3 Å². The number of aliphatic imine (C=N–C) groups is 1. The fourth-order valence-corrected chi connectivity index (χ4v) is 2.67. The second kappa shape index (κ2) is 10.2. The van der Waals surface area contributed by atoms with Gasteiger partial charge in [-0.15, -0.1) is 0 Å². The van der Waals surface area contributed by atoms with Crippen LogP contribution in [-0.4, -0.2) is 68.3 Å². The lowest BCUT2D eigenvalue weighted by Crippen LogP contribution is -2.38. The molecule has 0 amide bonds.